The molecule has 120 valence electrons. The standard InChI is InChI=1S/C17H25N3O2/c1-13(15-6-2-5-10-18-15)19-16(21)20-14-7-11-22-17(12-14)8-3-4-9-17/h2,5-6,10,13-14H,3-4,7-9,11-12H2,1H3,(H2,19,20,21)/t13-,14-/m1/s1. The summed E-state index contributed by atoms with van der Waals surface area (Å²) in [7, 11) is 0. The van der Waals surface area contributed by atoms with Crippen LogP contribution in [-0.2, 0) is 4.74 Å². The van der Waals surface area contributed by atoms with Crippen LogP contribution in [-0.4, -0.2) is 29.3 Å². The van der Waals surface area contributed by atoms with Crippen molar-refractivity contribution in [2.24, 2.45) is 0 Å². The van der Waals surface area contributed by atoms with Crippen LogP contribution in [0.25, 0.3) is 0 Å². The highest BCUT2D eigenvalue weighted by molar-refractivity contribution is 5.74. The summed E-state index contributed by atoms with van der Waals surface area (Å²) in [4.78, 5) is 16.5. The van der Waals surface area contributed by atoms with Gasteiger partial charge in [-0.25, -0.2) is 4.79 Å². The average molecular weight is 303 g/mol. The highest BCUT2D eigenvalue weighted by Gasteiger charge is 2.40. The van der Waals surface area contributed by atoms with Gasteiger partial charge in [0.05, 0.1) is 17.3 Å². The van der Waals surface area contributed by atoms with E-state index in [-0.39, 0.29) is 23.7 Å². The number of hydrogen-bond acceptors (Lipinski definition) is 3. The van der Waals surface area contributed by atoms with Gasteiger partial charge in [0.25, 0.3) is 0 Å². The molecule has 5 heteroatoms. The van der Waals surface area contributed by atoms with Crippen molar-refractivity contribution in [1.29, 1.82) is 0 Å². The van der Waals surface area contributed by atoms with Gasteiger partial charge in [0.2, 0.25) is 0 Å². The Labute approximate surface area is 131 Å². The Morgan fingerprint density at radius 1 is 1.41 bits per heavy atom. The largest absolute Gasteiger partial charge is 0.375 e. The molecule has 0 aromatic carbocycles. The van der Waals surface area contributed by atoms with Gasteiger partial charge in [0.1, 0.15) is 0 Å². The highest BCUT2D eigenvalue weighted by atomic mass is 16.5. The Balaban J connectivity index is 1.51. The summed E-state index contributed by atoms with van der Waals surface area (Å²) < 4.78 is 6.01. The molecule has 0 bridgehead atoms. The normalized spacial score (nSPS) is 24.9. The van der Waals surface area contributed by atoms with E-state index in [1.165, 1.54) is 12.8 Å². The van der Waals surface area contributed by atoms with E-state index >= 15 is 0 Å². The van der Waals surface area contributed by atoms with Crippen molar-refractivity contribution < 1.29 is 9.53 Å². The van der Waals surface area contributed by atoms with Gasteiger partial charge in [-0.2, -0.15) is 0 Å². The quantitative estimate of drug-likeness (QED) is 0.902. The SMILES string of the molecule is C[C@@H](NC(=O)N[C@@H]1CCOC2(CCCC2)C1)c1ccccn1. The number of carbonyl (C=O) groups excluding carboxylic acids is 1. The van der Waals surface area contributed by atoms with Crippen molar-refractivity contribution in [3.63, 3.8) is 0 Å². The first-order chi connectivity index (χ1) is 10.7. The number of pyridine rings is 1. The zero-order valence-corrected chi connectivity index (χ0v) is 13.2. The molecule has 1 aromatic heterocycles. The Hall–Kier alpha value is -1.62. The minimum atomic E-state index is -0.113. The fourth-order valence-electron chi connectivity index (χ4n) is 3.65. The van der Waals surface area contributed by atoms with Crippen molar-refractivity contribution in [1.82, 2.24) is 15.6 Å². The molecule has 0 unspecified atom stereocenters. The highest BCUT2D eigenvalue weighted by Crippen LogP contribution is 2.39. The first kappa shape index (κ1) is 15.3. The van der Waals surface area contributed by atoms with E-state index < -0.39 is 0 Å². The second-order valence-electron chi connectivity index (χ2n) is 6.52. The summed E-state index contributed by atoms with van der Waals surface area (Å²) in [5.74, 6) is 0. The third kappa shape index (κ3) is 3.58. The molecule has 2 aliphatic rings. The van der Waals surface area contributed by atoms with Crippen LogP contribution in [0.4, 0.5) is 4.79 Å². The van der Waals surface area contributed by atoms with Crippen LogP contribution < -0.4 is 10.6 Å². The first-order valence-electron chi connectivity index (χ1n) is 8.29. The Bertz CT molecular complexity index is 500. The second-order valence-corrected chi connectivity index (χ2v) is 6.52. The van der Waals surface area contributed by atoms with Crippen molar-refractivity contribution in [2.75, 3.05) is 6.61 Å². The molecule has 1 saturated heterocycles. The average Bonchev–Trinajstić information content (AvgIpc) is 2.95. The third-order valence-electron chi connectivity index (χ3n) is 4.82. The molecule has 1 saturated carbocycles. The van der Waals surface area contributed by atoms with E-state index in [1.807, 2.05) is 25.1 Å². The number of rotatable bonds is 3. The predicted octanol–water partition coefficient (Wildman–Crippen LogP) is 2.93. The molecule has 2 heterocycles. The summed E-state index contributed by atoms with van der Waals surface area (Å²) in [5, 5.41) is 6.08. The number of nitrogens with zero attached hydrogens (tertiary/aromatic N) is 1. The lowest BCUT2D eigenvalue weighted by Crippen LogP contribution is -2.50. The van der Waals surface area contributed by atoms with Crippen molar-refractivity contribution in [3.05, 3.63) is 30.1 Å². The number of amides is 2. The van der Waals surface area contributed by atoms with Crippen LogP contribution in [0.5, 0.6) is 0 Å². The first-order valence-corrected chi connectivity index (χ1v) is 8.29. The number of ether oxygens (including phenoxy) is 1. The van der Waals surface area contributed by atoms with E-state index in [0.29, 0.717) is 0 Å². The zero-order valence-electron chi connectivity index (χ0n) is 13.2. The Morgan fingerprint density at radius 2 is 2.23 bits per heavy atom. The second kappa shape index (κ2) is 6.65. The van der Waals surface area contributed by atoms with Crippen LogP contribution in [0.2, 0.25) is 0 Å². The minimum Gasteiger partial charge on any atom is -0.375 e. The number of carbonyl (C=O) groups is 1. The third-order valence-corrected chi connectivity index (χ3v) is 4.82. The fraction of sp³-hybridized carbons (Fsp3) is 0.647. The van der Waals surface area contributed by atoms with Gasteiger partial charge in [-0.15, -0.1) is 0 Å². The van der Waals surface area contributed by atoms with E-state index in [2.05, 4.69) is 15.6 Å². The van der Waals surface area contributed by atoms with Crippen molar-refractivity contribution in [2.45, 2.75) is 63.1 Å². The molecule has 2 atom stereocenters. The van der Waals surface area contributed by atoms with E-state index in [9.17, 15) is 4.79 Å². The van der Waals surface area contributed by atoms with Crippen LogP contribution in [0.1, 0.15) is 57.2 Å². The topological polar surface area (TPSA) is 63.2 Å². The monoisotopic (exact) mass is 303 g/mol. The van der Waals surface area contributed by atoms with Gasteiger partial charge in [-0.05, 0) is 44.7 Å². The van der Waals surface area contributed by atoms with Gasteiger partial charge in [-0.3, -0.25) is 4.98 Å². The lowest BCUT2D eigenvalue weighted by Gasteiger charge is -2.38. The van der Waals surface area contributed by atoms with Gasteiger partial charge >= 0.3 is 6.03 Å². The molecule has 2 amide bonds. The van der Waals surface area contributed by atoms with E-state index in [0.717, 1.165) is 38.0 Å². The molecule has 1 aliphatic carbocycles. The smallest absolute Gasteiger partial charge is 0.315 e. The van der Waals surface area contributed by atoms with Gasteiger partial charge in [0.15, 0.2) is 0 Å². The maximum absolute atomic E-state index is 12.2. The number of urea groups is 1. The van der Waals surface area contributed by atoms with E-state index in [1.54, 1.807) is 6.20 Å². The molecule has 1 aromatic rings. The molecule has 22 heavy (non-hydrogen) atoms. The Kier molecular flexibility index (Phi) is 4.62. The molecule has 3 rings (SSSR count). The number of nitrogens with one attached hydrogen (secondary N) is 2. The van der Waals surface area contributed by atoms with Crippen molar-refractivity contribution in [3.8, 4) is 0 Å². The van der Waals surface area contributed by atoms with Crippen LogP contribution in [0.3, 0.4) is 0 Å². The lowest BCUT2D eigenvalue weighted by atomic mass is 9.89. The summed E-state index contributed by atoms with van der Waals surface area (Å²) in [6.07, 6.45) is 8.35. The summed E-state index contributed by atoms with van der Waals surface area (Å²) in [6.45, 7) is 2.70. The van der Waals surface area contributed by atoms with Crippen LogP contribution in [0.15, 0.2) is 24.4 Å². The maximum Gasteiger partial charge on any atom is 0.315 e. The molecule has 2 N–H and O–H groups in total. The molecule has 2 fully saturated rings. The number of aromatic nitrogens is 1. The molecular formula is C17H25N3O2. The van der Waals surface area contributed by atoms with Crippen LogP contribution >= 0.6 is 0 Å². The number of hydrogen-bond donors (Lipinski definition) is 2. The molecule has 0 radical (unpaired) electrons. The molecule has 5 nitrogen and oxygen atoms in total. The van der Waals surface area contributed by atoms with Gasteiger partial charge in [0, 0.05) is 18.8 Å². The molecule has 1 spiro atoms. The molecule has 1 aliphatic heterocycles. The predicted molar refractivity (Wildman–Crippen MR) is 84.5 cm³/mol. The lowest BCUT2D eigenvalue weighted by molar-refractivity contribution is -0.0820. The molecular weight excluding hydrogens is 278 g/mol. The van der Waals surface area contributed by atoms with Gasteiger partial charge < -0.3 is 15.4 Å². The van der Waals surface area contributed by atoms with Gasteiger partial charge in [-0.1, -0.05) is 18.9 Å². The Morgan fingerprint density at radius 3 is 2.95 bits per heavy atom. The zero-order chi connectivity index (χ0) is 15.4. The summed E-state index contributed by atoms with van der Waals surface area (Å²) >= 11 is 0. The minimum absolute atomic E-state index is 0.0306. The summed E-state index contributed by atoms with van der Waals surface area (Å²) in [6, 6.07) is 5.73. The van der Waals surface area contributed by atoms with Crippen molar-refractivity contribution >= 4 is 6.03 Å². The maximum atomic E-state index is 12.2. The fourth-order valence-corrected chi connectivity index (χ4v) is 3.65. The van der Waals surface area contributed by atoms with E-state index in [4.69, 9.17) is 4.74 Å². The van der Waals surface area contributed by atoms with Crippen LogP contribution in [0, 0.1) is 0 Å². The summed E-state index contributed by atoms with van der Waals surface area (Å²) in [5.41, 5.74) is 0.903.